The van der Waals surface area contributed by atoms with E-state index in [4.69, 9.17) is 42.1 Å². The Balaban J connectivity index is -0.000000174. The molecule has 1 aliphatic carbocycles. The number of alkyl halides is 2. The van der Waals surface area contributed by atoms with Crippen LogP contribution in [0, 0.1) is 90.6 Å². The van der Waals surface area contributed by atoms with Crippen molar-refractivity contribution in [3.05, 3.63) is 11.7 Å². The summed E-state index contributed by atoms with van der Waals surface area (Å²) in [4.78, 5) is 21.6. The summed E-state index contributed by atoms with van der Waals surface area (Å²) in [5.74, 6) is -8.29. The minimum absolute atomic E-state index is 0.402. The second-order valence-electron chi connectivity index (χ2n) is 4.19. The normalized spacial score (nSPS) is 19.7. The predicted octanol–water partition coefficient (Wildman–Crippen LogP) is 1.88. The molecule has 0 fully saturated rings. The van der Waals surface area contributed by atoms with E-state index < -0.39 is 34.6 Å². The fourth-order valence-electron chi connectivity index (χ4n) is 1.04. The number of ketones is 2. The summed E-state index contributed by atoms with van der Waals surface area (Å²) < 4.78 is 51.8. The number of hydrogen-bond donors (Lipinski definition) is 0. The highest BCUT2D eigenvalue weighted by atomic mass is 19.2. The smallest absolute Gasteiger partial charge is 0.234 e. The van der Waals surface area contributed by atoms with E-state index in [0.29, 0.717) is 13.8 Å². The molecule has 2 atom stereocenters. The number of carbonyl (C=O) groups excluding carboxylic acids is 2. The number of halogens is 4. The average Bonchev–Trinajstić information content (AvgIpc) is 2.76. The van der Waals surface area contributed by atoms with Crippen LogP contribution in [0.1, 0.15) is 13.8 Å². The Labute approximate surface area is 167 Å². The van der Waals surface area contributed by atoms with Crippen LogP contribution in [0.2, 0.25) is 0 Å². The van der Waals surface area contributed by atoms with Gasteiger partial charge in [-0.15, -0.1) is 0 Å². The SMILES string of the molecule is CC1(F)C(=O)C(F)=C(F)C(=O)C1(C)F.N#CC#N.N#CC#N.N#CC#N.N#CC#N. The molecule has 2 unspecified atom stereocenters. The lowest BCUT2D eigenvalue weighted by molar-refractivity contribution is -0.152. The zero-order valence-electron chi connectivity index (χ0n) is 14.9. The topological polar surface area (TPSA) is 224 Å². The van der Waals surface area contributed by atoms with Crippen molar-refractivity contribution in [3.8, 4) is 48.6 Å². The lowest BCUT2D eigenvalue weighted by Crippen LogP contribution is -2.57. The van der Waals surface area contributed by atoms with Gasteiger partial charge < -0.3 is 0 Å². The Bertz CT molecular complexity index is 829. The Morgan fingerprint density at radius 3 is 0.767 bits per heavy atom. The van der Waals surface area contributed by atoms with E-state index in [1.54, 1.807) is 0 Å². The molecule has 0 radical (unpaired) electrons. The van der Waals surface area contributed by atoms with Crippen molar-refractivity contribution in [1.29, 1.82) is 42.1 Å². The van der Waals surface area contributed by atoms with Crippen molar-refractivity contribution in [1.82, 2.24) is 0 Å². The predicted molar refractivity (Wildman–Crippen MR) is 83.2 cm³/mol. The minimum Gasteiger partial charge on any atom is -0.288 e. The molecule has 0 bridgehead atoms. The van der Waals surface area contributed by atoms with Crippen LogP contribution in [-0.2, 0) is 9.59 Å². The molecular weight excluding hydrogens is 412 g/mol. The Kier molecular flexibility index (Phi) is 18.5. The number of rotatable bonds is 0. The monoisotopic (exact) mass is 418 g/mol. The first-order chi connectivity index (χ1) is 13.8. The van der Waals surface area contributed by atoms with Gasteiger partial charge in [0.2, 0.25) is 34.6 Å². The highest BCUT2D eigenvalue weighted by Crippen LogP contribution is 2.41. The van der Waals surface area contributed by atoms with E-state index in [9.17, 15) is 27.2 Å². The van der Waals surface area contributed by atoms with Crippen LogP contribution in [0.25, 0.3) is 0 Å². The lowest BCUT2D eigenvalue weighted by atomic mass is 9.77. The number of allylic oxidation sites excluding steroid dienone is 2. The number of nitrogens with zero attached hydrogens (tertiary/aromatic N) is 8. The number of hydrogen-bond acceptors (Lipinski definition) is 10. The van der Waals surface area contributed by atoms with Gasteiger partial charge in [-0.2, -0.15) is 50.9 Å². The van der Waals surface area contributed by atoms with Gasteiger partial charge in [0.05, 0.1) is 0 Å². The van der Waals surface area contributed by atoms with Gasteiger partial charge in [-0.1, -0.05) is 0 Å². The van der Waals surface area contributed by atoms with Gasteiger partial charge in [0.15, 0.2) is 48.6 Å². The summed E-state index contributed by atoms with van der Waals surface area (Å²) >= 11 is 0. The minimum atomic E-state index is -3.37. The average molecular weight is 418 g/mol. The molecule has 14 heteroatoms. The maximum Gasteiger partial charge on any atom is 0.234 e. The molecule has 0 N–H and O–H groups in total. The third-order valence-electron chi connectivity index (χ3n) is 2.53. The third kappa shape index (κ3) is 10.7. The van der Waals surface area contributed by atoms with Crippen molar-refractivity contribution < 1.29 is 27.2 Å². The van der Waals surface area contributed by atoms with Gasteiger partial charge in [-0.25, -0.2) is 8.78 Å². The summed E-state index contributed by atoms with van der Waals surface area (Å²) in [6, 6.07) is 9.89. The van der Waals surface area contributed by atoms with E-state index in [-0.39, 0.29) is 0 Å². The van der Waals surface area contributed by atoms with Crippen LogP contribution in [0.15, 0.2) is 11.7 Å². The first-order valence-electron chi connectivity index (χ1n) is 6.45. The van der Waals surface area contributed by atoms with Crippen LogP contribution in [0.4, 0.5) is 17.6 Å². The van der Waals surface area contributed by atoms with Crippen LogP contribution in [-0.4, -0.2) is 22.9 Å². The van der Waals surface area contributed by atoms with E-state index >= 15 is 0 Å². The van der Waals surface area contributed by atoms with Gasteiger partial charge in [0, 0.05) is 0 Å². The molecule has 10 nitrogen and oxygen atoms in total. The molecule has 0 saturated carbocycles. The van der Waals surface area contributed by atoms with Crippen molar-refractivity contribution >= 4 is 11.6 Å². The maximum atomic E-state index is 13.3. The molecule has 0 aromatic carbocycles. The summed E-state index contributed by atoms with van der Waals surface area (Å²) in [5.41, 5.74) is -6.74. The van der Waals surface area contributed by atoms with E-state index in [1.165, 1.54) is 48.6 Å². The van der Waals surface area contributed by atoms with E-state index in [0.717, 1.165) is 0 Å². The molecule has 0 aliphatic heterocycles. The summed E-state index contributed by atoms with van der Waals surface area (Å²) in [7, 11) is 0. The quantitative estimate of drug-likeness (QED) is 0.519. The number of Topliss-reactive ketones (excluding diaryl/α,β-unsaturated/α-hetero) is 2. The molecule has 30 heavy (non-hydrogen) atoms. The largest absolute Gasteiger partial charge is 0.288 e. The van der Waals surface area contributed by atoms with Crippen molar-refractivity contribution in [2.75, 3.05) is 0 Å². The molecule has 0 amide bonds. The van der Waals surface area contributed by atoms with Gasteiger partial charge in [-0.05, 0) is 13.8 Å². The fourth-order valence-corrected chi connectivity index (χ4v) is 1.04. The Morgan fingerprint density at radius 2 is 0.667 bits per heavy atom. The van der Waals surface area contributed by atoms with Crippen molar-refractivity contribution in [3.63, 3.8) is 0 Å². The first kappa shape index (κ1) is 32.4. The van der Waals surface area contributed by atoms with Crippen LogP contribution < -0.4 is 0 Å². The highest BCUT2D eigenvalue weighted by Gasteiger charge is 2.63. The van der Waals surface area contributed by atoms with Crippen molar-refractivity contribution in [2.45, 2.75) is 25.2 Å². The summed E-state index contributed by atoms with van der Waals surface area (Å²) in [5, 5.41) is 58.1. The highest BCUT2D eigenvalue weighted by molar-refractivity contribution is 6.17. The third-order valence-corrected chi connectivity index (χ3v) is 2.53. The van der Waals surface area contributed by atoms with Gasteiger partial charge in [-0.3, -0.25) is 9.59 Å². The molecule has 0 spiro atoms. The van der Waals surface area contributed by atoms with E-state index in [1.807, 2.05) is 0 Å². The first-order valence-corrected chi connectivity index (χ1v) is 6.45. The standard InChI is InChI=1S/C8H6F4O2.4C2N2/c1-7(11)5(13)3(9)4(10)6(14)8(7,2)12;4*3-1-2-4/h1-2H3;;;;. The molecule has 0 aromatic heterocycles. The second kappa shape index (κ2) is 17.1. The molecular formula is C16H6F4N8O2. The molecule has 1 aliphatic rings. The van der Waals surface area contributed by atoms with Gasteiger partial charge >= 0.3 is 0 Å². The van der Waals surface area contributed by atoms with Gasteiger partial charge in [0.1, 0.15) is 0 Å². The maximum absolute atomic E-state index is 13.3. The van der Waals surface area contributed by atoms with E-state index in [2.05, 4.69) is 0 Å². The zero-order valence-corrected chi connectivity index (χ0v) is 14.9. The molecule has 0 aromatic rings. The zero-order chi connectivity index (χ0) is 25.0. The Morgan fingerprint density at radius 1 is 0.533 bits per heavy atom. The van der Waals surface area contributed by atoms with Crippen LogP contribution in [0.5, 0.6) is 0 Å². The molecule has 1 rings (SSSR count). The molecule has 0 saturated heterocycles. The number of nitriles is 8. The van der Waals surface area contributed by atoms with Crippen molar-refractivity contribution in [2.24, 2.45) is 0 Å². The fraction of sp³-hybridized carbons (Fsp3) is 0.250. The summed E-state index contributed by atoms with van der Waals surface area (Å²) in [6.07, 6.45) is 0. The van der Waals surface area contributed by atoms with Gasteiger partial charge in [0.25, 0.3) is 0 Å². The Hall–Kier alpha value is -5.28. The molecule has 0 heterocycles. The lowest BCUT2D eigenvalue weighted by Gasteiger charge is -2.33. The van der Waals surface area contributed by atoms with Crippen LogP contribution in [0.3, 0.4) is 0 Å². The summed E-state index contributed by atoms with van der Waals surface area (Å²) in [6.45, 7) is 0.804. The molecule has 150 valence electrons. The second-order valence-corrected chi connectivity index (χ2v) is 4.19. The number of carbonyl (C=O) groups is 2. The van der Waals surface area contributed by atoms with Crippen LogP contribution >= 0.6 is 0 Å².